The van der Waals surface area contributed by atoms with E-state index in [2.05, 4.69) is 56.2 Å². The molecule has 24 heavy (non-hydrogen) atoms. The molecule has 0 bridgehead atoms. The van der Waals surface area contributed by atoms with Crippen LogP contribution in [0.5, 0.6) is 0 Å². The molecule has 0 radical (unpaired) electrons. The Morgan fingerprint density at radius 2 is 1.83 bits per heavy atom. The normalized spacial score (nSPS) is 25.0. The average Bonchev–Trinajstić information content (AvgIpc) is 2.74. The third-order valence-electron chi connectivity index (χ3n) is 4.88. The van der Waals surface area contributed by atoms with Crippen LogP contribution in [-0.2, 0) is 4.74 Å². The van der Waals surface area contributed by atoms with Gasteiger partial charge in [-0.2, -0.15) is 0 Å². The van der Waals surface area contributed by atoms with E-state index in [4.69, 9.17) is 4.74 Å². The monoisotopic (exact) mass is 332 g/mol. The van der Waals surface area contributed by atoms with Crippen molar-refractivity contribution in [1.29, 1.82) is 0 Å². The summed E-state index contributed by atoms with van der Waals surface area (Å²) >= 11 is 0. The molecule has 0 aromatic rings. The zero-order chi connectivity index (χ0) is 17.8. The molecule has 0 aromatic heterocycles. The van der Waals surface area contributed by atoms with Crippen LogP contribution in [0.15, 0.2) is 36.0 Å². The van der Waals surface area contributed by atoms with E-state index in [1.54, 1.807) is 0 Å². The highest BCUT2D eigenvalue weighted by Crippen LogP contribution is 2.33. The predicted molar refractivity (Wildman–Crippen MR) is 99.0 cm³/mol. The molecule has 3 aliphatic rings. The second-order valence-electron chi connectivity index (χ2n) is 7.47. The van der Waals surface area contributed by atoms with Crippen molar-refractivity contribution >= 4 is 6.09 Å². The van der Waals surface area contributed by atoms with Crippen LogP contribution in [-0.4, -0.2) is 54.7 Å². The fourth-order valence-electron chi connectivity index (χ4n) is 3.28. The maximum atomic E-state index is 12.2. The van der Waals surface area contributed by atoms with Crippen molar-refractivity contribution in [3.8, 4) is 0 Å². The van der Waals surface area contributed by atoms with Gasteiger partial charge in [0.15, 0.2) is 0 Å². The topological polar surface area (TPSA) is 32.8 Å². The van der Waals surface area contributed by atoms with E-state index in [9.17, 15) is 4.79 Å². The predicted octanol–water partition coefficient (Wildman–Crippen LogP) is 4.01. The molecule has 2 saturated heterocycles. The summed E-state index contributed by atoms with van der Waals surface area (Å²) in [6, 6.07) is 0. The number of hydrogen-bond donors (Lipinski definition) is 0. The second-order valence-corrected chi connectivity index (χ2v) is 7.47. The van der Waals surface area contributed by atoms with Gasteiger partial charge in [-0.05, 0) is 12.6 Å². The van der Waals surface area contributed by atoms with Crippen LogP contribution in [0, 0.1) is 5.41 Å². The number of ether oxygens (including phenoxy) is 1. The van der Waals surface area contributed by atoms with Crippen molar-refractivity contribution in [2.75, 3.05) is 33.2 Å². The average molecular weight is 332 g/mol. The number of rotatable bonds is 2. The van der Waals surface area contributed by atoms with Gasteiger partial charge in [0.2, 0.25) is 0 Å². The molecule has 134 valence electrons. The minimum absolute atomic E-state index is 0.0684. The molecule has 0 N–H and O–H groups in total. The number of carbonyl (C=O) groups is 1. The van der Waals surface area contributed by atoms with E-state index in [0.717, 1.165) is 38.0 Å². The van der Waals surface area contributed by atoms with Crippen LogP contribution in [0.1, 0.15) is 40.5 Å². The van der Waals surface area contributed by atoms with Gasteiger partial charge >= 0.3 is 6.09 Å². The summed E-state index contributed by atoms with van der Waals surface area (Å²) in [5.41, 5.74) is 0.968. The lowest BCUT2D eigenvalue weighted by atomic mass is 9.91. The summed E-state index contributed by atoms with van der Waals surface area (Å²) in [6.45, 7) is 11.7. The molecule has 0 aromatic carbocycles. The van der Waals surface area contributed by atoms with Crippen LogP contribution in [0.3, 0.4) is 0 Å². The molecule has 3 rings (SSSR count). The Bertz CT molecular complexity index is 538. The van der Waals surface area contributed by atoms with Gasteiger partial charge < -0.3 is 9.64 Å². The number of carbonyl (C=O) groups excluding carboxylic acids is 1. The first-order valence-corrected chi connectivity index (χ1v) is 9.12. The number of likely N-dealkylation sites (tertiary alicyclic amines) is 1. The third-order valence-corrected chi connectivity index (χ3v) is 4.88. The number of nitrogens with zero attached hydrogens (tertiary/aromatic N) is 2. The molecule has 1 spiro atoms. The maximum Gasteiger partial charge on any atom is 0.410 e. The quantitative estimate of drug-likeness (QED) is 0.766. The van der Waals surface area contributed by atoms with E-state index >= 15 is 0 Å². The van der Waals surface area contributed by atoms with Gasteiger partial charge in [0.1, 0.15) is 5.60 Å². The van der Waals surface area contributed by atoms with E-state index < -0.39 is 0 Å². The molecule has 4 heteroatoms. The van der Waals surface area contributed by atoms with Crippen LogP contribution >= 0.6 is 0 Å². The zero-order valence-corrected chi connectivity index (χ0v) is 15.8. The molecule has 2 aliphatic heterocycles. The summed E-state index contributed by atoms with van der Waals surface area (Å²) in [5, 5.41) is 0. The summed E-state index contributed by atoms with van der Waals surface area (Å²) < 4.78 is 5.76. The van der Waals surface area contributed by atoms with Gasteiger partial charge in [0, 0.05) is 37.9 Å². The lowest BCUT2D eigenvalue weighted by Crippen LogP contribution is -2.45. The Hall–Kier alpha value is -1.55. The highest BCUT2D eigenvalue weighted by molar-refractivity contribution is 5.71. The summed E-state index contributed by atoms with van der Waals surface area (Å²) in [6.07, 6.45) is 12.4. The lowest BCUT2D eigenvalue weighted by Gasteiger charge is -2.35. The van der Waals surface area contributed by atoms with Crippen molar-refractivity contribution in [2.45, 2.75) is 46.1 Å². The Morgan fingerprint density at radius 3 is 2.50 bits per heavy atom. The Balaban J connectivity index is 0.00000100. The minimum Gasteiger partial charge on any atom is -0.441 e. The van der Waals surface area contributed by atoms with E-state index in [1.165, 1.54) is 0 Å². The zero-order valence-electron chi connectivity index (χ0n) is 15.8. The second kappa shape index (κ2) is 7.56. The van der Waals surface area contributed by atoms with Gasteiger partial charge in [-0.3, -0.25) is 4.90 Å². The van der Waals surface area contributed by atoms with E-state index in [1.807, 2.05) is 18.7 Å². The van der Waals surface area contributed by atoms with Crippen molar-refractivity contribution in [2.24, 2.45) is 5.41 Å². The summed E-state index contributed by atoms with van der Waals surface area (Å²) in [5.74, 6) is 0. The lowest BCUT2D eigenvalue weighted by molar-refractivity contribution is 0.00660. The van der Waals surface area contributed by atoms with Crippen LogP contribution in [0.2, 0.25) is 0 Å². The number of piperidine rings is 1. The number of hydrogen-bond acceptors (Lipinski definition) is 3. The van der Waals surface area contributed by atoms with Gasteiger partial charge in [-0.15, -0.1) is 0 Å². The van der Waals surface area contributed by atoms with Gasteiger partial charge in [-0.25, -0.2) is 4.79 Å². The molecule has 0 unspecified atom stereocenters. The molecule has 2 heterocycles. The molecule has 0 saturated carbocycles. The van der Waals surface area contributed by atoms with Gasteiger partial charge in [0.05, 0.1) is 6.54 Å². The standard InChI is InChI=1S/C18H26N2O2.C2H6/c1-17(2)7-4-5-15(6-8-17)13-20-14-18(22-16(20)21)9-11-19(3)12-10-18;1-2/h4-8H,9-14H2,1-3H3;1-2H3. The minimum atomic E-state index is -0.256. The SMILES string of the molecule is CC.CN1CCC2(CC1)CN(CC1=CC=CC(C)(C)C=C1)C(=O)O2. The largest absolute Gasteiger partial charge is 0.441 e. The van der Waals surface area contributed by atoms with E-state index in [-0.39, 0.29) is 17.1 Å². The summed E-state index contributed by atoms with van der Waals surface area (Å²) in [4.78, 5) is 16.4. The van der Waals surface area contributed by atoms with Crippen molar-refractivity contribution in [3.05, 3.63) is 36.0 Å². The molecule has 1 aliphatic carbocycles. The highest BCUT2D eigenvalue weighted by atomic mass is 16.6. The molecule has 4 nitrogen and oxygen atoms in total. The fraction of sp³-hybridized carbons (Fsp3) is 0.650. The first kappa shape index (κ1) is 18.8. The van der Waals surface area contributed by atoms with Crippen LogP contribution in [0.4, 0.5) is 4.79 Å². The Morgan fingerprint density at radius 1 is 1.17 bits per heavy atom. The van der Waals surface area contributed by atoms with Crippen LogP contribution < -0.4 is 0 Å². The van der Waals surface area contributed by atoms with Crippen molar-refractivity contribution in [1.82, 2.24) is 9.80 Å². The Kier molecular flexibility index (Phi) is 5.92. The smallest absolute Gasteiger partial charge is 0.410 e. The number of amides is 1. The Labute approximate surface area is 146 Å². The maximum absolute atomic E-state index is 12.2. The van der Waals surface area contributed by atoms with Crippen LogP contribution in [0.25, 0.3) is 0 Å². The van der Waals surface area contributed by atoms with Crippen molar-refractivity contribution in [3.63, 3.8) is 0 Å². The van der Waals surface area contributed by atoms with Gasteiger partial charge in [0.25, 0.3) is 0 Å². The first-order valence-electron chi connectivity index (χ1n) is 9.12. The first-order chi connectivity index (χ1) is 11.4. The molecule has 2 fully saturated rings. The summed E-state index contributed by atoms with van der Waals surface area (Å²) in [7, 11) is 2.12. The molecule has 1 amide bonds. The van der Waals surface area contributed by atoms with E-state index in [0.29, 0.717) is 6.54 Å². The molecule has 0 atom stereocenters. The molecular weight excluding hydrogens is 300 g/mol. The van der Waals surface area contributed by atoms with Gasteiger partial charge in [-0.1, -0.05) is 58.1 Å². The third kappa shape index (κ3) is 4.50. The fourth-order valence-corrected chi connectivity index (χ4v) is 3.28. The van der Waals surface area contributed by atoms with Crippen molar-refractivity contribution < 1.29 is 9.53 Å². The highest BCUT2D eigenvalue weighted by Gasteiger charge is 2.46. The number of allylic oxidation sites excluding steroid dienone is 4. The molecular formula is C20H32N2O2.